The predicted octanol–water partition coefficient (Wildman–Crippen LogP) is 2.76. The Bertz CT molecular complexity index is 403. The first-order valence-corrected chi connectivity index (χ1v) is 7.48. The third-order valence-electron chi connectivity index (χ3n) is 3.21. The Morgan fingerprint density at radius 3 is 2.14 bits per heavy atom. The summed E-state index contributed by atoms with van der Waals surface area (Å²) in [6.07, 6.45) is -0.672. The van der Waals surface area contributed by atoms with Crippen molar-refractivity contribution in [1.29, 1.82) is 0 Å². The average Bonchev–Trinajstić information content (AvgIpc) is 2.46. The van der Waals surface area contributed by atoms with E-state index in [1.54, 1.807) is 19.1 Å². The molecule has 120 valence electrons. The second-order valence-corrected chi connectivity index (χ2v) is 4.77. The molecule has 0 radical (unpaired) electrons. The van der Waals surface area contributed by atoms with Gasteiger partial charge in [0.15, 0.2) is 0 Å². The number of hydrogen-bond acceptors (Lipinski definition) is 4. The second-order valence-electron chi connectivity index (χ2n) is 4.77. The molecule has 0 aromatic heterocycles. The average molecular weight is 299 g/mol. The zero-order valence-corrected chi connectivity index (χ0v) is 13.1. The van der Waals surface area contributed by atoms with Gasteiger partial charge in [-0.2, -0.15) is 0 Å². The molecule has 1 unspecified atom stereocenters. The summed E-state index contributed by atoms with van der Waals surface area (Å²) in [7, 11) is 0. The first kappa shape index (κ1) is 17.9. The minimum absolute atomic E-state index is 0.332. The van der Waals surface area contributed by atoms with Crippen molar-refractivity contribution in [3.63, 3.8) is 0 Å². The van der Waals surface area contributed by atoms with E-state index in [2.05, 4.69) is 0 Å². The number of halogens is 1. The van der Waals surface area contributed by atoms with Crippen LogP contribution in [0.5, 0.6) is 0 Å². The summed E-state index contributed by atoms with van der Waals surface area (Å²) in [5.74, 6) is -0.332. The number of ether oxygens (including phenoxy) is 2. The van der Waals surface area contributed by atoms with E-state index in [-0.39, 0.29) is 5.82 Å². The number of rotatable bonds is 10. The van der Waals surface area contributed by atoms with Crippen LogP contribution in [-0.2, 0) is 9.47 Å². The molecule has 0 bridgehead atoms. The minimum Gasteiger partial charge on any atom is -0.389 e. The van der Waals surface area contributed by atoms with Gasteiger partial charge in [-0.3, -0.25) is 0 Å². The number of hydrogen-bond donors (Lipinski definition) is 1. The molecule has 0 saturated heterocycles. The zero-order valence-electron chi connectivity index (χ0n) is 13.1. The molecule has 1 aromatic carbocycles. The van der Waals surface area contributed by atoms with Gasteiger partial charge in [0.25, 0.3) is 0 Å². The van der Waals surface area contributed by atoms with E-state index in [1.165, 1.54) is 6.07 Å². The number of benzene rings is 1. The molecule has 0 amide bonds. The van der Waals surface area contributed by atoms with Crippen LogP contribution in [0.3, 0.4) is 0 Å². The van der Waals surface area contributed by atoms with Crippen molar-refractivity contribution in [2.45, 2.75) is 26.9 Å². The molecule has 1 N–H and O–H groups in total. The van der Waals surface area contributed by atoms with Gasteiger partial charge in [0.2, 0.25) is 0 Å². The van der Waals surface area contributed by atoms with Crippen LogP contribution >= 0.6 is 0 Å². The van der Waals surface area contributed by atoms with Crippen molar-refractivity contribution < 1.29 is 19.0 Å². The van der Waals surface area contributed by atoms with E-state index in [0.29, 0.717) is 50.8 Å². The van der Waals surface area contributed by atoms with E-state index in [4.69, 9.17) is 9.47 Å². The van der Waals surface area contributed by atoms with Gasteiger partial charge in [0.1, 0.15) is 5.82 Å². The fourth-order valence-electron chi connectivity index (χ4n) is 2.03. The summed E-state index contributed by atoms with van der Waals surface area (Å²) in [5.41, 5.74) is 1.09. The number of aliphatic hydroxyl groups is 1. The Morgan fingerprint density at radius 2 is 1.71 bits per heavy atom. The zero-order chi connectivity index (χ0) is 15.7. The predicted molar refractivity (Wildman–Crippen MR) is 82.2 cm³/mol. The number of nitrogens with zero attached hydrogens (tertiary/aromatic N) is 1. The lowest BCUT2D eigenvalue weighted by molar-refractivity contribution is 0.141. The minimum atomic E-state index is -0.672. The first-order chi connectivity index (χ1) is 10.1. The highest BCUT2D eigenvalue weighted by molar-refractivity contribution is 5.49. The summed E-state index contributed by atoms with van der Waals surface area (Å²) in [6.45, 7) is 9.06. The van der Waals surface area contributed by atoms with Crippen LogP contribution in [0, 0.1) is 5.82 Å². The van der Waals surface area contributed by atoms with Crippen molar-refractivity contribution in [3.8, 4) is 0 Å². The Hall–Kier alpha value is -1.17. The number of anilines is 1. The molecule has 0 saturated carbocycles. The molecule has 5 heteroatoms. The van der Waals surface area contributed by atoms with Crippen molar-refractivity contribution in [2.75, 3.05) is 44.4 Å². The summed E-state index contributed by atoms with van der Waals surface area (Å²) in [5, 5.41) is 9.50. The maximum absolute atomic E-state index is 14.2. The SMILES string of the molecule is CCOCCN(CCOCC)c1ccc(C(C)O)cc1F. The van der Waals surface area contributed by atoms with Gasteiger partial charge in [-0.05, 0) is 38.5 Å². The van der Waals surface area contributed by atoms with Crippen LogP contribution in [0.4, 0.5) is 10.1 Å². The van der Waals surface area contributed by atoms with Gasteiger partial charge in [0.05, 0.1) is 25.0 Å². The largest absolute Gasteiger partial charge is 0.389 e. The molecule has 1 atom stereocenters. The molecule has 0 spiro atoms. The van der Waals surface area contributed by atoms with Crippen LogP contribution in [0.2, 0.25) is 0 Å². The van der Waals surface area contributed by atoms with E-state index < -0.39 is 6.10 Å². The topological polar surface area (TPSA) is 41.9 Å². The molecule has 1 aromatic rings. The van der Waals surface area contributed by atoms with E-state index in [9.17, 15) is 9.50 Å². The number of aliphatic hydroxyl groups excluding tert-OH is 1. The molecular weight excluding hydrogens is 273 g/mol. The van der Waals surface area contributed by atoms with Gasteiger partial charge in [-0.15, -0.1) is 0 Å². The van der Waals surface area contributed by atoms with Gasteiger partial charge in [-0.1, -0.05) is 6.07 Å². The van der Waals surface area contributed by atoms with E-state index in [0.717, 1.165) is 0 Å². The van der Waals surface area contributed by atoms with Crippen molar-refractivity contribution in [1.82, 2.24) is 0 Å². The highest BCUT2D eigenvalue weighted by Gasteiger charge is 2.13. The molecule has 0 aliphatic rings. The molecule has 0 heterocycles. The Morgan fingerprint density at radius 1 is 1.14 bits per heavy atom. The fraction of sp³-hybridized carbons (Fsp3) is 0.625. The molecular formula is C16H26FNO3. The second kappa shape index (κ2) is 9.71. The highest BCUT2D eigenvalue weighted by atomic mass is 19.1. The molecule has 0 aliphatic heterocycles. The van der Waals surface area contributed by atoms with Crippen LogP contribution in [0.1, 0.15) is 32.4 Å². The van der Waals surface area contributed by atoms with Crippen LogP contribution in [0.25, 0.3) is 0 Å². The third kappa shape index (κ3) is 5.99. The van der Waals surface area contributed by atoms with Gasteiger partial charge >= 0.3 is 0 Å². The van der Waals surface area contributed by atoms with Gasteiger partial charge in [-0.25, -0.2) is 4.39 Å². The smallest absolute Gasteiger partial charge is 0.146 e. The van der Waals surface area contributed by atoms with Crippen LogP contribution in [-0.4, -0.2) is 44.6 Å². The summed E-state index contributed by atoms with van der Waals surface area (Å²) < 4.78 is 24.9. The quantitative estimate of drug-likeness (QED) is 0.675. The molecule has 0 aliphatic carbocycles. The van der Waals surface area contributed by atoms with Crippen LogP contribution in [0.15, 0.2) is 18.2 Å². The lowest BCUT2D eigenvalue weighted by atomic mass is 10.1. The molecule has 21 heavy (non-hydrogen) atoms. The lowest BCUT2D eigenvalue weighted by Gasteiger charge is -2.25. The van der Waals surface area contributed by atoms with Crippen molar-refractivity contribution >= 4 is 5.69 Å². The summed E-state index contributed by atoms with van der Waals surface area (Å²) >= 11 is 0. The first-order valence-electron chi connectivity index (χ1n) is 7.48. The maximum Gasteiger partial charge on any atom is 0.146 e. The van der Waals surface area contributed by atoms with Crippen molar-refractivity contribution in [2.24, 2.45) is 0 Å². The summed E-state index contributed by atoms with van der Waals surface area (Å²) in [4.78, 5) is 1.91. The van der Waals surface area contributed by atoms with Gasteiger partial charge in [0, 0.05) is 26.3 Å². The molecule has 0 fully saturated rings. The fourth-order valence-corrected chi connectivity index (χ4v) is 2.03. The maximum atomic E-state index is 14.2. The monoisotopic (exact) mass is 299 g/mol. The Kier molecular flexibility index (Phi) is 8.27. The third-order valence-corrected chi connectivity index (χ3v) is 3.21. The normalized spacial score (nSPS) is 12.4. The van der Waals surface area contributed by atoms with E-state index in [1.807, 2.05) is 18.7 Å². The van der Waals surface area contributed by atoms with Crippen molar-refractivity contribution in [3.05, 3.63) is 29.6 Å². The van der Waals surface area contributed by atoms with Crippen LogP contribution < -0.4 is 4.90 Å². The highest BCUT2D eigenvalue weighted by Crippen LogP contribution is 2.23. The lowest BCUT2D eigenvalue weighted by Crippen LogP contribution is -2.31. The Labute approximate surface area is 126 Å². The Balaban J connectivity index is 2.79. The van der Waals surface area contributed by atoms with E-state index >= 15 is 0 Å². The van der Waals surface area contributed by atoms with Gasteiger partial charge < -0.3 is 19.5 Å². The standard InChI is InChI=1S/C16H26FNO3/c1-4-20-10-8-18(9-11-21-5-2)16-7-6-14(13(3)19)12-15(16)17/h6-7,12-13,19H,4-5,8-11H2,1-3H3. The summed E-state index contributed by atoms with van der Waals surface area (Å²) in [6, 6.07) is 4.83. The molecule has 1 rings (SSSR count). The molecule has 4 nitrogen and oxygen atoms in total.